The molecule has 74 valence electrons. The topological polar surface area (TPSA) is 3.24 Å². The first-order valence-electron chi connectivity index (χ1n) is 4.88. The van der Waals surface area contributed by atoms with E-state index in [1.807, 2.05) is 37.5 Å². The van der Waals surface area contributed by atoms with Crippen LogP contribution >= 0.6 is 0 Å². The molecule has 1 heteroatoms. The number of rotatable bonds is 4. The minimum Gasteiger partial charge on any atom is -0.351 e. The SMILES string of the molecule is C=C(/C=C\N(C)c1ccccc1)CC. The number of hydrogen-bond acceptors (Lipinski definition) is 1. The lowest BCUT2D eigenvalue weighted by atomic mass is 10.2. The van der Waals surface area contributed by atoms with Crippen LogP contribution in [0, 0.1) is 0 Å². The molecule has 0 radical (unpaired) electrons. The molecule has 0 saturated carbocycles. The van der Waals surface area contributed by atoms with E-state index in [9.17, 15) is 0 Å². The lowest BCUT2D eigenvalue weighted by Crippen LogP contribution is -2.07. The minimum absolute atomic E-state index is 0.999. The van der Waals surface area contributed by atoms with Gasteiger partial charge in [-0.05, 0) is 24.6 Å². The minimum atomic E-state index is 0.999. The highest BCUT2D eigenvalue weighted by Crippen LogP contribution is 2.11. The predicted molar refractivity (Wildman–Crippen MR) is 63.4 cm³/mol. The molecule has 0 aliphatic rings. The first kappa shape index (κ1) is 10.6. The molecule has 0 aromatic heterocycles. The van der Waals surface area contributed by atoms with E-state index in [4.69, 9.17) is 0 Å². The van der Waals surface area contributed by atoms with Crippen molar-refractivity contribution in [3.05, 3.63) is 54.8 Å². The van der Waals surface area contributed by atoms with E-state index in [-0.39, 0.29) is 0 Å². The van der Waals surface area contributed by atoms with Gasteiger partial charge in [-0.25, -0.2) is 0 Å². The number of hydrogen-bond donors (Lipinski definition) is 0. The summed E-state index contributed by atoms with van der Waals surface area (Å²) >= 11 is 0. The van der Waals surface area contributed by atoms with Crippen LogP contribution in [0.5, 0.6) is 0 Å². The fourth-order valence-corrected chi connectivity index (χ4v) is 1.08. The maximum Gasteiger partial charge on any atom is 0.0403 e. The molecular weight excluding hydrogens is 170 g/mol. The molecule has 1 aromatic rings. The maximum atomic E-state index is 3.93. The van der Waals surface area contributed by atoms with Crippen LogP contribution in [0.1, 0.15) is 13.3 Å². The summed E-state index contributed by atoms with van der Waals surface area (Å²) < 4.78 is 0. The van der Waals surface area contributed by atoms with E-state index in [2.05, 4.69) is 30.5 Å². The maximum absolute atomic E-state index is 3.93. The second-order valence-corrected chi connectivity index (χ2v) is 3.27. The van der Waals surface area contributed by atoms with Crippen LogP contribution in [0.25, 0.3) is 0 Å². The van der Waals surface area contributed by atoms with Gasteiger partial charge in [-0.2, -0.15) is 0 Å². The monoisotopic (exact) mass is 187 g/mol. The van der Waals surface area contributed by atoms with E-state index < -0.39 is 0 Å². The van der Waals surface area contributed by atoms with Gasteiger partial charge in [0.25, 0.3) is 0 Å². The van der Waals surface area contributed by atoms with Gasteiger partial charge >= 0.3 is 0 Å². The molecule has 14 heavy (non-hydrogen) atoms. The van der Waals surface area contributed by atoms with Gasteiger partial charge in [-0.15, -0.1) is 0 Å². The Hall–Kier alpha value is -1.50. The van der Waals surface area contributed by atoms with Crippen molar-refractivity contribution in [1.82, 2.24) is 0 Å². The number of nitrogens with zero attached hydrogens (tertiary/aromatic N) is 1. The van der Waals surface area contributed by atoms with Gasteiger partial charge in [0.05, 0.1) is 0 Å². The Labute approximate surface area is 86.4 Å². The fourth-order valence-electron chi connectivity index (χ4n) is 1.08. The molecule has 0 bridgehead atoms. The predicted octanol–water partition coefficient (Wildman–Crippen LogP) is 3.60. The van der Waals surface area contributed by atoms with Crippen molar-refractivity contribution in [2.24, 2.45) is 0 Å². The molecule has 1 aromatic carbocycles. The van der Waals surface area contributed by atoms with Crippen molar-refractivity contribution >= 4 is 5.69 Å². The first-order chi connectivity index (χ1) is 6.74. The average Bonchev–Trinajstić information content (AvgIpc) is 2.26. The summed E-state index contributed by atoms with van der Waals surface area (Å²) in [5, 5.41) is 0. The molecule has 0 N–H and O–H groups in total. The summed E-state index contributed by atoms with van der Waals surface area (Å²) in [6.07, 6.45) is 5.09. The van der Waals surface area contributed by atoms with E-state index in [1.165, 1.54) is 5.69 Å². The van der Waals surface area contributed by atoms with Crippen molar-refractivity contribution in [2.45, 2.75) is 13.3 Å². The number of benzene rings is 1. The van der Waals surface area contributed by atoms with Crippen LogP contribution in [-0.2, 0) is 0 Å². The van der Waals surface area contributed by atoms with Gasteiger partial charge in [0.2, 0.25) is 0 Å². The van der Waals surface area contributed by atoms with E-state index in [1.54, 1.807) is 0 Å². The van der Waals surface area contributed by atoms with Crippen molar-refractivity contribution in [1.29, 1.82) is 0 Å². The Morgan fingerprint density at radius 3 is 2.57 bits per heavy atom. The van der Waals surface area contributed by atoms with Crippen molar-refractivity contribution < 1.29 is 0 Å². The molecule has 0 unspecified atom stereocenters. The molecule has 0 spiro atoms. The number of anilines is 1. The first-order valence-corrected chi connectivity index (χ1v) is 4.88. The third-order valence-corrected chi connectivity index (χ3v) is 2.15. The molecule has 0 aliphatic heterocycles. The molecule has 0 heterocycles. The number of allylic oxidation sites excluding steroid dienone is 2. The number of para-hydroxylation sites is 1. The molecule has 1 rings (SSSR count). The van der Waals surface area contributed by atoms with E-state index in [0.29, 0.717) is 0 Å². The summed E-state index contributed by atoms with van der Waals surface area (Å²) in [7, 11) is 2.04. The van der Waals surface area contributed by atoms with Gasteiger partial charge in [-0.3, -0.25) is 0 Å². The third-order valence-electron chi connectivity index (χ3n) is 2.15. The zero-order chi connectivity index (χ0) is 10.4. The summed E-state index contributed by atoms with van der Waals surface area (Å²) in [4.78, 5) is 2.08. The van der Waals surface area contributed by atoms with Crippen LogP contribution in [0.15, 0.2) is 54.8 Å². The smallest absolute Gasteiger partial charge is 0.0403 e. The molecular formula is C13H17N. The summed E-state index contributed by atoms with van der Waals surface area (Å²) in [5.74, 6) is 0. The van der Waals surface area contributed by atoms with E-state index in [0.717, 1.165) is 12.0 Å². The standard InChI is InChI=1S/C13H17N/c1-4-12(2)10-11-14(3)13-8-6-5-7-9-13/h5-11H,2,4H2,1,3H3/b11-10-. The molecule has 1 nitrogen and oxygen atoms in total. The highest BCUT2D eigenvalue weighted by molar-refractivity contribution is 5.48. The van der Waals surface area contributed by atoms with Crippen LogP contribution in [-0.4, -0.2) is 7.05 Å². The summed E-state index contributed by atoms with van der Waals surface area (Å²) in [5.41, 5.74) is 2.33. The Kier molecular flexibility index (Phi) is 3.99. The highest BCUT2D eigenvalue weighted by atomic mass is 15.1. The lowest BCUT2D eigenvalue weighted by Gasteiger charge is -2.13. The van der Waals surface area contributed by atoms with Crippen molar-refractivity contribution in [2.75, 3.05) is 11.9 Å². The van der Waals surface area contributed by atoms with Crippen LogP contribution in [0.4, 0.5) is 5.69 Å². The second-order valence-electron chi connectivity index (χ2n) is 3.27. The van der Waals surface area contributed by atoms with Crippen LogP contribution in [0.3, 0.4) is 0 Å². The van der Waals surface area contributed by atoms with Gasteiger partial charge < -0.3 is 4.90 Å². The van der Waals surface area contributed by atoms with Crippen LogP contribution in [0.2, 0.25) is 0 Å². The quantitative estimate of drug-likeness (QED) is 0.651. The van der Waals surface area contributed by atoms with Crippen molar-refractivity contribution in [3.8, 4) is 0 Å². The Balaban J connectivity index is 2.63. The molecule has 0 aliphatic carbocycles. The zero-order valence-electron chi connectivity index (χ0n) is 8.90. The largest absolute Gasteiger partial charge is 0.351 e. The lowest BCUT2D eigenvalue weighted by molar-refractivity contribution is 1.14. The van der Waals surface area contributed by atoms with Gasteiger partial charge in [0.15, 0.2) is 0 Å². The summed E-state index contributed by atoms with van der Waals surface area (Å²) in [6, 6.07) is 10.3. The van der Waals surface area contributed by atoms with Crippen LogP contribution < -0.4 is 4.90 Å². The Morgan fingerprint density at radius 2 is 2.00 bits per heavy atom. The Bertz CT molecular complexity index is 311. The highest BCUT2D eigenvalue weighted by Gasteiger charge is 1.93. The molecule has 0 saturated heterocycles. The van der Waals surface area contributed by atoms with E-state index >= 15 is 0 Å². The second kappa shape index (κ2) is 5.28. The molecule has 0 fully saturated rings. The normalized spacial score (nSPS) is 10.4. The molecule has 0 amide bonds. The fraction of sp³-hybridized carbons (Fsp3) is 0.231. The third kappa shape index (κ3) is 3.09. The van der Waals surface area contributed by atoms with Gasteiger partial charge in [0, 0.05) is 18.9 Å². The Morgan fingerprint density at radius 1 is 1.36 bits per heavy atom. The molecule has 0 atom stereocenters. The zero-order valence-corrected chi connectivity index (χ0v) is 8.90. The summed E-state index contributed by atoms with van der Waals surface area (Å²) in [6.45, 7) is 6.03. The van der Waals surface area contributed by atoms with Gasteiger partial charge in [0.1, 0.15) is 0 Å². The van der Waals surface area contributed by atoms with Gasteiger partial charge in [-0.1, -0.05) is 37.3 Å². The van der Waals surface area contributed by atoms with Crippen molar-refractivity contribution in [3.63, 3.8) is 0 Å². The average molecular weight is 187 g/mol.